The molecule has 0 aliphatic carbocycles. The van der Waals surface area contributed by atoms with E-state index in [9.17, 15) is 15.2 Å². The number of nitro groups is 1. The third-order valence-electron chi connectivity index (χ3n) is 2.41. The zero-order valence-electron chi connectivity index (χ0n) is 9.77. The lowest BCUT2D eigenvalue weighted by Crippen LogP contribution is -2.24. The van der Waals surface area contributed by atoms with E-state index in [1.54, 1.807) is 0 Å². The monoisotopic (exact) mass is 215 g/mol. The van der Waals surface area contributed by atoms with Crippen molar-refractivity contribution < 1.29 is 10.0 Å². The summed E-state index contributed by atoms with van der Waals surface area (Å²) in [6, 6.07) is 0. The minimum Gasteiger partial charge on any atom is -0.396 e. The summed E-state index contributed by atoms with van der Waals surface area (Å²) in [5.74, 6) is -0.134. The first-order chi connectivity index (χ1) is 7.01. The second-order valence-corrected chi connectivity index (χ2v) is 4.15. The number of aliphatic hydroxyl groups is 1. The van der Waals surface area contributed by atoms with Crippen molar-refractivity contribution in [1.82, 2.24) is 0 Å². The molecular weight excluding hydrogens is 194 g/mol. The van der Waals surface area contributed by atoms with Gasteiger partial charge in [0.1, 0.15) is 0 Å². The standard InChI is InChI=1S/C11H21NO3/c1-4-5-10(7-12(14)15)11(8-13)6-9(2)3/h6,10-11,13H,4-5,7-8H2,1-3H3/t10-,11-/m0/s1. The molecule has 0 rings (SSSR count). The van der Waals surface area contributed by atoms with Crippen LogP contribution in [0.15, 0.2) is 11.6 Å². The van der Waals surface area contributed by atoms with Crippen LogP contribution in [-0.2, 0) is 0 Å². The Hall–Kier alpha value is -0.900. The Morgan fingerprint density at radius 3 is 2.47 bits per heavy atom. The van der Waals surface area contributed by atoms with E-state index in [4.69, 9.17) is 0 Å². The maximum Gasteiger partial charge on any atom is 0.207 e. The van der Waals surface area contributed by atoms with Crippen molar-refractivity contribution in [1.29, 1.82) is 0 Å². The fraction of sp³-hybridized carbons (Fsp3) is 0.818. The topological polar surface area (TPSA) is 63.4 Å². The Labute approximate surface area is 91.1 Å². The maximum atomic E-state index is 10.5. The van der Waals surface area contributed by atoms with Crippen LogP contribution in [0.5, 0.6) is 0 Å². The molecule has 0 radical (unpaired) electrons. The van der Waals surface area contributed by atoms with Crippen molar-refractivity contribution >= 4 is 0 Å². The average molecular weight is 215 g/mol. The molecule has 0 amide bonds. The number of hydrogen-bond donors (Lipinski definition) is 1. The van der Waals surface area contributed by atoms with Gasteiger partial charge in [-0.3, -0.25) is 10.1 Å². The Balaban J connectivity index is 4.53. The van der Waals surface area contributed by atoms with E-state index in [2.05, 4.69) is 0 Å². The van der Waals surface area contributed by atoms with Crippen LogP contribution in [-0.4, -0.2) is 23.2 Å². The molecule has 0 aliphatic heterocycles. The van der Waals surface area contributed by atoms with Gasteiger partial charge in [0, 0.05) is 23.4 Å². The third-order valence-corrected chi connectivity index (χ3v) is 2.41. The molecular formula is C11H21NO3. The van der Waals surface area contributed by atoms with Crippen molar-refractivity contribution in [3.05, 3.63) is 21.8 Å². The van der Waals surface area contributed by atoms with Crippen LogP contribution >= 0.6 is 0 Å². The second-order valence-electron chi connectivity index (χ2n) is 4.15. The van der Waals surface area contributed by atoms with E-state index >= 15 is 0 Å². The SMILES string of the molecule is CCC[C@@H](C[N+](=O)[O-])[C@@H](C=C(C)C)CO. The number of allylic oxidation sites excluding steroid dienone is 1. The first-order valence-electron chi connectivity index (χ1n) is 5.38. The molecule has 0 spiro atoms. The van der Waals surface area contributed by atoms with Crippen LogP contribution in [0.1, 0.15) is 33.6 Å². The summed E-state index contributed by atoms with van der Waals surface area (Å²) >= 11 is 0. The second kappa shape index (κ2) is 7.40. The molecule has 0 unspecified atom stereocenters. The smallest absolute Gasteiger partial charge is 0.207 e. The molecule has 0 aliphatic rings. The highest BCUT2D eigenvalue weighted by Gasteiger charge is 2.22. The average Bonchev–Trinajstić information content (AvgIpc) is 2.12. The van der Waals surface area contributed by atoms with Crippen LogP contribution < -0.4 is 0 Å². The minimum atomic E-state index is -0.290. The lowest BCUT2D eigenvalue weighted by Gasteiger charge is -2.19. The summed E-state index contributed by atoms with van der Waals surface area (Å²) in [7, 11) is 0. The fourth-order valence-electron chi connectivity index (χ4n) is 1.77. The van der Waals surface area contributed by atoms with Gasteiger partial charge in [-0.1, -0.05) is 25.0 Å². The summed E-state index contributed by atoms with van der Waals surface area (Å²) in [6.07, 6.45) is 3.63. The largest absolute Gasteiger partial charge is 0.396 e. The number of hydrogen-bond acceptors (Lipinski definition) is 3. The van der Waals surface area contributed by atoms with Crippen molar-refractivity contribution in [3.63, 3.8) is 0 Å². The van der Waals surface area contributed by atoms with E-state index in [1.165, 1.54) is 0 Å². The zero-order chi connectivity index (χ0) is 11.8. The van der Waals surface area contributed by atoms with Gasteiger partial charge in [0.2, 0.25) is 6.54 Å². The Morgan fingerprint density at radius 2 is 2.13 bits per heavy atom. The summed E-state index contributed by atoms with van der Waals surface area (Å²) in [5, 5.41) is 19.7. The molecule has 0 aromatic carbocycles. The number of rotatable bonds is 7. The molecule has 4 nitrogen and oxygen atoms in total. The van der Waals surface area contributed by atoms with E-state index in [0.29, 0.717) is 0 Å². The molecule has 15 heavy (non-hydrogen) atoms. The first kappa shape index (κ1) is 14.1. The van der Waals surface area contributed by atoms with Gasteiger partial charge in [0.05, 0.1) is 0 Å². The molecule has 2 atom stereocenters. The van der Waals surface area contributed by atoms with Crippen molar-refractivity contribution in [3.8, 4) is 0 Å². The summed E-state index contributed by atoms with van der Waals surface area (Å²) < 4.78 is 0. The normalized spacial score (nSPS) is 14.4. The van der Waals surface area contributed by atoms with Crippen LogP contribution in [0.2, 0.25) is 0 Å². The molecule has 88 valence electrons. The highest BCUT2D eigenvalue weighted by atomic mass is 16.6. The van der Waals surface area contributed by atoms with Gasteiger partial charge in [-0.2, -0.15) is 0 Å². The summed E-state index contributed by atoms with van der Waals surface area (Å²) in [4.78, 5) is 10.2. The van der Waals surface area contributed by atoms with E-state index < -0.39 is 0 Å². The Bertz CT molecular complexity index is 222. The van der Waals surface area contributed by atoms with Crippen LogP contribution in [0.4, 0.5) is 0 Å². The van der Waals surface area contributed by atoms with Gasteiger partial charge in [-0.15, -0.1) is 0 Å². The Kier molecular flexibility index (Phi) is 6.96. The van der Waals surface area contributed by atoms with Gasteiger partial charge >= 0.3 is 0 Å². The molecule has 0 fully saturated rings. The van der Waals surface area contributed by atoms with Crippen LogP contribution in [0.25, 0.3) is 0 Å². The fourth-order valence-corrected chi connectivity index (χ4v) is 1.77. The molecule has 0 aromatic rings. The van der Waals surface area contributed by atoms with Gasteiger partial charge in [-0.05, 0) is 20.3 Å². The van der Waals surface area contributed by atoms with E-state index in [0.717, 1.165) is 18.4 Å². The highest BCUT2D eigenvalue weighted by molar-refractivity contribution is 4.99. The number of aliphatic hydroxyl groups excluding tert-OH is 1. The molecule has 1 N–H and O–H groups in total. The third kappa shape index (κ3) is 6.23. The summed E-state index contributed by atoms with van der Waals surface area (Å²) in [6.45, 7) is 5.83. The first-order valence-corrected chi connectivity index (χ1v) is 5.38. The summed E-state index contributed by atoms with van der Waals surface area (Å²) in [5.41, 5.74) is 1.10. The predicted molar refractivity (Wildman–Crippen MR) is 60.3 cm³/mol. The van der Waals surface area contributed by atoms with E-state index in [1.807, 2.05) is 26.8 Å². The van der Waals surface area contributed by atoms with Gasteiger partial charge in [-0.25, -0.2) is 0 Å². The molecule has 0 bridgehead atoms. The van der Waals surface area contributed by atoms with Crippen molar-refractivity contribution in [2.24, 2.45) is 11.8 Å². The number of nitrogens with zero attached hydrogens (tertiary/aromatic N) is 1. The minimum absolute atomic E-state index is 0.0102. The van der Waals surface area contributed by atoms with Crippen LogP contribution in [0.3, 0.4) is 0 Å². The lowest BCUT2D eigenvalue weighted by molar-refractivity contribution is -0.490. The molecule has 0 saturated heterocycles. The zero-order valence-corrected chi connectivity index (χ0v) is 9.77. The molecule has 0 heterocycles. The maximum absolute atomic E-state index is 10.5. The highest BCUT2D eigenvalue weighted by Crippen LogP contribution is 2.20. The van der Waals surface area contributed by atoms with Crippen LogP contribution in [0, 0.1) is 22.0 Å². The molecule has 0 saturated carbocycles. The van der Waals surface area contributed by atoms with Crippen molar-refractivity contribution in [2.45, 2.75) is 33.6 Å². The Morgan fingerprint density at radius 1 is 1.53 bits per heavy atom. The molecule has 4 heteroatoms. The predicted octanol–water partition coefficient (Wildman–Crippen LogP) is 2.25. The molecule has 0 aromatic heterocycles. The van der Waals surface area contributed by atoms with Gasteiger partial charge in [0.15, 0.2) is 0 Å². The van der Waals surface area contributed by atoms with Crippen molar-refractivity contribution in [2.75, 3.05) is 13.2 Å². The quantitative estimate of drug-likeness (QED) is 0.402. The van der Waals surface area contributed by atoms with Gasteiger partial charge in [0.25, 0.3) is 0 Å². The lowest BCUT2D eigenvalue weighted by atomic mass is 9.88. The van der Waals surface area contributed by atoms with Gasteiger partial charge < -0.3 is 5.11 Å². The van der Waals surface area contributed by atoms with E-state index in [-0.39, 0.29) is 29.9 Å².